The van der Waals surface area contributed by atoms with Crippen LogP contribution in [-0.4, -0.2) is 33.9 Å². The van der Waals surface area contributed by atoms with E-state index in [-0.39, 0.29) is 24.2 Å². The van der Waals surface area contributed by atoms with Crippen molar-refractivity contribution in [2.75, 3.05) is 13.2 Å². The first-order valence-corrected chi connectivity index (χ1v) is 7.76. The van der Waals surface area contributed by atoms with Gasteiger partial charge >= 0.3 is 0 Å². The Hall–Kier alpha value is -2.21. The smallest absolute Gasteiger partial charge is 0.254 e. The first-order chi connectivity index (χ1) is 11.1. The number of halogens is 1. The zero-order valence-corrected chi connectivity index (χ0v) is 13.4. The number of hydrogen-bond acceptors (Lipinski definition) is 3. The molecule has 2 N–H and O–H groups in total. The van der Waals surface area contributed by atoms with Gasteiger partial charge in [-0.1, -0.05) is 13.3 Å². The van der Waals surface area contributed by atoms with E-state index >= 15 is 0 Å². The highest BCUT2D eigenvalue weighted by Gasteiger charge is 2.16. The molecule has 0 aliphatic heterocycles. The highest BCUT2D eigenvalue weighted by molar-refractivity contribution is 5.95. The van der Waals surface area contributed by atoms with E-state index in [0.717, 1.165) is 6.42 Å². The van der Waals surface area contributed by atoms with E-state index in [9.17, 15) is 9.18 Å². The Morgan fingerprint density at radius 3 is 2.70 bits per heavy atom. The lowest BCUT2D eigenvalue weighted by Crippen LogP contribution is -2.29. The molecule has 0 fully saturated rings. The van der Waals surface area contributed by atoms with Crippen LogP contribution >= 0.6 is 0 Å². The first-order valence-electron chi connectivity index (χ1n) is 7.76. The molecule has 0 aliphatic rings. The molecular weight excluding hydrogens is 297 g/mol. The Kier molecular flexibility index (Phi) is 5.87. The number of amides is 1. The summed E-state index contributed by atoms with van der Waals surface area (Å²) in [6, 6.07) is 5.95. The van der Waals surface area contributed by atoms with Gasteiger partial charge in [-0.2, -0.15) is 5.10 Å². The SMILES string of the molecule is CC[C@@H](CCO)CNC(=O)c1cnn(-c2ccc(F)cc2)c1C. The van der Waals surface area contributed by atoms with Crippen molar-refractivity contribution < 1.29 is 14.3 Å². The van der Waals surface area contributed by atoms with Gasteiger partial charge in [0.15, 0.2) is 0 Å². The molecule has 0 unspecified atom stereocenters. The molecule has 0 spiro atoms. The fraction of sp³-hybridized carbons (Fsp3) is 0.412. The molecule has 124 valence electrons. The monoisotopic (exact) mass is 319 g/mol. The molecule has 5 nitrogen and oxygen atoms in total. The minimum absolute atomic E-state index is 0.121. The summed E-state index contributed by atoms with van der Waals surface area (Å²) in [5.74, 6) is -0.241. The summed E-state index contributed by atoms with van der Waals surface area (Å²) in [5.41, 5.74) is 1.90. The van der Waals surface area contributed by atoms with E-state index in [0.29, 0.717) is 29.9 Å². The third-order valence-corrected chi connectivity index (χ3v) is 3.99. The number of carbonyl (C=O) groups excluding carboxylic acids is 1. The maximum atomic E-state index is 13.0. The van der Waals surface area contributed by atoms with Crippen LogP contribution in [0.1, 0.15) is 35.8 Å². The molecule has 0 aliphatic carbocycles. The largest absolute Gasteiger partial charge is 0.396 e. The maximum Gasteiger partial charge on any atom is 0.254 e. The number of benzene rings is 1. The van der Waals surface area contributed by atoms with Crippen LogP contribution in [0.5, 0.6) is 0 Å². The molecule has 6 heteroatoms. The van der Waals surface area contributed by atoms with Gasteiger partial charge in [-0.3, -0.25) is 4.79 Å². The van der Waals surface area contributed by atoms with E-state index < -0.39 is 0 Å². The molecule has 1 aromatic heterocycles. The zero-order valence-electron chi connectivity index (χ0n) is 13.4. The minimum Gasteiger partial charge on any atom is -0.396 e. The summed E-state index contributed by atoms with van der Waals surface area (Å²) in [6.45, 7) is 4.48. The van der Waals surface area contributed by atoms with E-state index in [2.05, 4.69) is 10.4 Å². The summed E-state index contributed by atoms with van der Waals surface area (Å²) in [6.07, 6.45) is 3.08. The highest BCUT2D eigenvalue weighted by Crippen LogP contribution is 2.15. The van der Waals surface area contributed by atoms with Gasteiger partial charge in [0, 0.05) is 13.2 Å². The second-order valence-electron chi connectivity index (χ2n) is 5.53. The molecule has 2 aromatic rings. The number of hydrogen-bond donors (Lipinski definition) is 2. The van der Waals surface area contributed by atoms with Crippen LogP contribution in [-0.2, 0) is 0 Å². The van der Waals surface area contributed by atoms with Crippen molar-refractivity contribution in [1.29, 1.82) is 0 Å². The molecule has 1 amide bonds. The van der Waals surface area contributed by atoms with Crippen LogP contribution in [0.2, 0.25) is 0 Å². The van der Waals surface area contributed by atoms with Crippen molar-refractivity contribution in [1.82, 2.24) is 15.1 Å². The topological polar surface area (TPSA) is 67.2 Å². The second-order valence-corrected chi connectivity index (χ2v) is 5.53. The molecule has 0 bridgehead atoms. The van der Waals surface area contributed by atoms with Crippen molar-refractivity contribution >= 4 is 5.91 Å². The number of rotatable bonds is 7. The van der Waals surface area contributed by atoms with Crippen molar-refractivity contribution in [3.05, 3.63) is 47.5 Å². The third-order valence-electron chi connectivity index (χ3n) is 3.99. The number of aliphatic hydroxyl groups is 1. The van der Waals surface area contributed by atoms with E-state index in [1.807, 2.05) is 6.92 Å². The normalized spacial score (nSPS) is 12.2. The van der Waals surface area contributed by atoms with Crippen LogP contribution < -0.4 is 5.32 Å². The molecular formula is C17H22FN3O2. The van der Waals surface area contributed by atoms with Gasteiger partial charge in [-0.25, -0.2) is 9.07 Å². The Labute approximate surface area is 135 Å². The van der Waals surface area contributed by atoms with Crippen molar-refractivity contribution in [2.24, 2.45) is 5.92 Å². The molecule has 1 aromatic carbocycles. The Morgan fingerprint density at radius 1 is 1.39 bits per heavy atom. The zero-order chi connectivity index (χ0) is 16.8. The van der Waals surface area contributed by atoms with Crippen LogP contribution in [0.25, 0.3) is 5.69 Å². The molecule has 2 rings (SSSR count). The van der Waals surface area contributed by atoms with E-state index in [1.54, 1.807) is 23.7 Å². The Balaban J connectivity index is 2.09. The van der Waals surface area contributed by atoms with Gasteiger partial charge in [0.05, 0.1) is 23.1 Å². The summed E-state index contributed by atoms with van der Waals surface area (Å²) >= 11 is 0. The first kappa shape index (κ1) is 17.1. The number of nitrogens with one attached hydrogen (secondary N) is 1. The lowest BCUT2D eigenvalue weighted by atomic mass is 10.0. The number of aromatic nitrogens is 2. The quantitative estimate of drug-likeness (QED) is 0.824. The maximum absolute atomic E-state index is 13.0. The fourth-order valence-corrected chi connectivity index (χ4v) is 2.44. The van der Waals surface area contributed by atoms with Crippen molar-refractivity contribution in [2.45, 2.75) is 26.7 Å². The van der Waals surface area contributed by atoms with Gasteiger partial charge in [0.2, 0.25) is 0 Å². The molecule has 1 atom stereocenters. The second kappa shape index (κ2) is 7.87. The van der Waals surface area contributed by atoms with Crippen molar-refractivity contribution in [3.63, 3.8) is 0 Å². The molecule has 1 heterocycles. The average molecular weight is 319 g/mol. The van der Waals surface area contributed by atoms with E-state index in [4.69, 9.17) is 5.11 Å². The Bertz CT molecular complexity index is 652. The number of aliphatic hydroxyl groups excluding tert-OH is 1. The minimum atomic E-state index is -0.314. The predicted octanol–water partition coefficient (Wildman–Crippen LogP) is 2.46. The summed E-state index contributed by atoms with van der Waals surface area (Å²) in [7, 11) is 0. The van der Waals surface area contributed by atoms with Crippen LogP contribution in [0.4, 0.5) is 4.39 Å². The van der Waals surface area contributed by atoms with Crippen LogP contribution in [0, 0.1) is 18.7 Å². The summed E-state index contributed by atoms with van der Waals surface area (Å²) in [5, 5.41) is 16.1. The number of carbonyl (C=O) groups is 1. The summed E-state index contributed by atoms with van der Waals surface area (Å²) in [4.78, 5) is 12.3. The van der Waals surface area contributed by atoms with E-state index in [1.165, 1.54) is 18.3 Å². The van der Waals surface area contributed by atoms with Gasteiger partial charge in [0.1, 0.15) is 5.82 Å². The molecule has 23 heavy (non-hydrogen) atoms. The lowest BCUT2D eigenvalue weighted by Gasteiger charge is -2.14. The molecule has 0 radical (unpaired) electrons. The van der Waals surface area contributed by atoms with Crippen LogP contribution in [0.3, 0.4) is 0 Å². The van der Waals surface area contributed by atoms with Gasteiger partial charge in [-0.05, 0) is 43.5 Å². The highest BCUT2D eigenvalue weighted by atomic mass is 19.1. The molecule has 0 saturated carbocycles. The third kappa shape index (κ3) is 4.16. The Morgan fingerprint density at radius 2 is 2.09 bits per heavy atom. The number of nitrogens with zero attached hydrogens (tertiary/aromatic N) is 2. The summed E-state index contributed by atoms with van der Waals surface area (Å²) < 4.78 is 14.6. The van der Waals surface area contributed by atoms with Crippen LogP contribution in [0.15, 0.2) is 30.5 Å². The van der Waals surface area contributed by atoms with Gasteiger partial charge < -0.3 is 10.4 Å². The predicted molar refractivity (Wildman–Crippen MR) is 86.1 cm³/mol. The van der Waals surface area contributed by atoms with Gasteiger partial charge in [0.25, 0.3) is 5.91 Å². The standard InChI is InChI=1S/C17H22FN3O2/c1-3-13(8-9-22)10-19-17(23)16-11-20-21(12(16)2)15-6-4-14(18)5-7-15/h4-7,11,13,22H,3,8-10H2,1-2H3,(H,19,23)/t13-/m0/s1. The lowest BCUT2D eigenvalue weighted by molar-refractivity contribution is 0.0943. The van der Waals surface area contributed by atoms with Crippen molar-refractivity contribution in [3.8, 4) is 5.69 Å². The fourth-order valence-electron chi connectivity index (χ4n) is 2.44. The van der Waals surface area contributed by atoms with Gasteiger partial charge in [-0.15, -0.1) is 0 Å². The molecule has 0 saturated heterocycles. The average Bonchev–Trinajstić information content (AvgIpc) is 2.93.